The number of rotatable bonds is 4. The van der Waals surface area contributed by atoms with E-state index in [1.165, 1.54) is 24.4 Å². The summed E-state index contributed by atoms with van der Waals surface area (Å²) in [5, 5.41) is 5.98. The minimum Gasteiger partial charge on any atom is -0.501 e. The molecule has 9 aromatic rings. The van der Waals surface area contributed by atoms with Crippen molar-refractivity contribution in [2.24, 2.45) is 5.41 Å². The summed E-state index contributed by atoms with van der Waals surface area (Å²) < 4.78 is 87.1. The molecule has 0 amide bonds. The van der Waals surface area contributed by atoms with E-state index >= 15 is 0 Å². The van der Waals surface area contributed by atoms with Gasteiger partial charge in [0.15, 0.2) is 0 Å². The average molecular weight is 919 g/mol. The van der Waals surface area contributed by atoms with Crippen molar-refractivity contribution in [1.29, 1.82) is 0 Å². The van der Waals surface area contributed by atoms with Crippen molar-refractivity contribution in [3.05, 3.63) is 163 Å². The summed E-state index contributed by atoms with van der Waals surface area (Å²) in [7, 11) is 0. The van der Waals surface area contributed by atoms with Crippen molar-refractivity contribution in [3.63, 3.8) is 0 Å². The van der Waals surface area contributed by atoms with Crippen molar-refractivity contribution in [2.45, 2.75) is 67.2 Å². The molecule has 9 rings (SSSR count). The standard InChI is InChI=1S/C38H32NO.C13H15N2.Ir/c1-23-17-25(21-38(3,4)5)13-16-28(23)32-19-35(39-22-24(32)2)31-12-8-11-30-34-18-27-15-14-26-9-6-7-10-29(26)33(27)20-36(34)40-37(30)31;1-13(2,3)15-10-9-14(11-15)12-7-5-4-6-8-12;/h6-11,13-20,22H,21H2,1-5H3;4-7,9-10H,1-3H3;/q2*-1;+3/i1D3,2D3,16D,21D2;;. The smallest absolute Gasteiger partial charge is 0.501 e. The second kappa shape index (κ2) is 15.3. The molecule has 0 N–H and O–H groups in total. The maximum absolute atomic E-state index is 9.02. The fourth-order valence-corrected chi connectivity index (χ4v) is 6.81. The number of nitrogens with zero attached hydrogens (tertiary/aromatic N) is 3. The van der Waals surface area contributed by atoms with Gasteiger partial charge in [0.1, 0.15) is 5.58 Å². The van der Waals surface area contributed by atoms with Gasteiger partial charge in [0, 0.05) is 34.9 Å². The van der Waals surface area contributed by atoms with Gasteiger partial charge in [-0.05, 0) is 113 Å². The zero-order valence-corrected chi connectivity index (χ0v) is 34.5. The summed E-state index contributed by atoms with van der Waals surface area (Å²) in [6, 6.07) is 38.0. The molecule has 0 atom stereocenters. The number of hydrogen-bond acceptors (Lipinski definition) is 2. The Labute approximate surface area is 356 Å². The molecule has 0 spiro atoms. The first kappa shape index (κ1) is 29.0. The number of pyridine rings is 1. The van der Waals surface area contributed by atoms with Crippen LogP contribution in [0.3, 0.4) is 0 Å². The van der Waals surface area contributed by atoms with Crippen molar-refractivity contribution < 1.29 is 41.4 Å². The molecular formula is C51H47IrN3O+. The third-order valence-electron chi connectivity index (χ3n) is 9.44. The molecule has 0 saturated heterocycles. The number of imidazole rings is 1. The molecule has 3 heterocycles. The van der Waals surface area contributed by atoms with Crippen LogP contribution in [0.5, 0.6) is 0 Å². The Hall–Kier alpha value is -5.35. The van der Waals surface area contributed by atoms with Gasteiger partial charge in [-0.1, -0.05) is 98.0 Å². The van der Waals surface area contributed by atoms with E-state index in [1.807, 2.05) is 65.5 Å². The summed E-state index contributed by atoms with van der Waals surface area (Å²) in [6.07, 6.45) is 6.50. The Kier molecular flexibility index (Phi) is 7.91. The molecule has 4 nitrogen and oxygen atoms in total. The van der Waals surface area contributed by atoms with E-state index in [0.29, 0.717) is 16.7 Å². The maximum Gasteiger partial charge on any atom is 3.00 e. The molecule has 56 heavy (non-hydrogen) atoms. The number of fused-ring (bicyclic) bond motifs is 6. The summed E-state index contributed by atoms with van der Waals surface area (Å²) in [4.78, 5) is 4.52. The molecule has 0 unspecified atom stereocenters. The van der Waals surface area contributed by atoms with Crippen LogP contribution in [0.25, 0.3) is 71.6 Å². The predicted molar refractivity (Wildman–Crippen MR) is 227 cm³/mol. The Morgan fingerprint density at radius 2 is 1.59 bits per heavy atom. The Morgan fingerprint density at radius 1 is 0.786 bits per heavy atom. The van der Waals surface area contributed by atoms with E-state index in [-0.39, 0.29) is 65.2 Å². The Balaban J connectivity index is 0.000000333. The van der Waals surface area contributed by atoms with E-state index in [4.69, 9.17) is 16.8 Å². The van der Waals surface area contributed by atoms with Gasteiger partial charge in [0.25, 0.3) is 0 Å². The van der Waals surface area contributed by atoms with E-state index in [2.05, 4.69) is 79.1 Å². The van der Waals surface area contributed by atoms with Crippen molar-refractivity contribution in [2.75, 3.05) is 0 Å². The topological polar surface area (TPSA) is 34.8 Å². The maximum atomic E-state index is 9.02. The largest absolute Gasteiger partial charge is 3.00 e. The van der Waals surface area contributed by atoms with Crippen LogP contribution in [0.1, 0.15) is 70.6 Å². The summed E-state index contributed by atoms with van der Waals surface area (Å²) in [5.74, 6) is 0. The molecule has 0 radical (unpaired) electrons. The van der Waals surface area contributed by atoms with E-state index in [0.717, 1.165) is 38.0 Å². The minimum atomic E-state index is -2.79. The first-order valence-corrected chi connectivity index (χ1v) is 18.3. The predicted octanol–water partition coefficient (Wildman–Crippen LogP) is 12.7. The number of aromatic nitrogens is 3. The van der Waals surface area contributed by atoms with Crippen molar-refractivity contribution in [1.82, 2.24) is 9.55 Å². The molecule has 0 saturated carbocycles. The minimum absolute atomic E-state index is 0. The van der Waals surface area contributed by atoms with Gasteiger partial charge < -0.3 is 18.5 Å². The van der Waals surface area contributed by atoms with Gasteiger partial charge in [0.2, 0.25) is 6.33 Å². The quantitative estimate of drug-likeness (QED) is 0.100. The normalized spacial score (nSPS) is 14.9. The summed E-state index contributed by atoms with van der Waals surface area (Å²) >= 11 is 0. The first-order chi connectivity index (χ1) is 29.9. The molecule has 6 aromatic carbocycles. The van der Waals surface area contributed by atoms with Crippen LogP contribution >= 0.6 is 0 Å². The second-order valence-corrected chi connectivity index (χ2v) is 15.8. The number of benzene rings is 6. The van der Waals surface area contributed by atoms with Gasteiger partial charge in [-0.15, -0.1) is 18.2 Å². The van der Waals surface area contributed by atoms with Crippen LogP contribution in [0.15, 0.2) is 132 Å². The fraction of sp³-hybridized carbons (Fsp3) is 0.216. The van der Waals surface area contributed by atoms with E-state index < -0.39 is 25.5 Å². The third-order valence-corrected chi connectivity index (χ3v) is 9.44. The molecule has 0 bridgehead atoms. The van der Waals surface area contributed by atoms with Crippen molar-refractivity contribution in [3.8, 4) is 28.1 Å². The monoisotopic (exact) mass is 919 g/mol. The van der Waals surface area contributed by atoms with Gasteiger partial charge in [-0.2, -0.15) is 30.3 Å². The Bertz CT molecular complexity index is 3210. The SMILES string of the molecule is CC(C)(C)[n+]1[c-]n(-c2[c-]cccc2)cc1.[2H]c1cc(C([2H])([2H])C(C)(C)C)cc(C([2H])([2H])[2H])c1-c1cc(-c2[c-]ccc3c2oc2cc4c(ccc5ccccc54)cc23)ncc1C([2H])([2H])[2H].[Ir+3]. The van der Waals surface area contributed by atoms with Crippen LogP contribution in [-0.4, -0.2) is 9.55 Å². The third kappa shape index (κ3) is 7.85. The van der Waals surface area contributed by atoms with Crippen LogP contribution in [0, 0.1) is 37.6 Å². The zero-order chi connectivity index (χ0) is 46.1. The van der Waals surface area contributed by atoms with E-state index in [1.54, 1.807) is 26.8 Å². The molecule has 0 fully saturated rings. The number of para-hydroxylation sites is 1. The molecule has 0 aliphatic carbocycles. The van der Waals surface area contributed by atoms with Crippen molar-refractivity contribution >= 4 is 43.5 Å². The molecule has 280 valence electrons. The van der Waals surface area contributed by atoms with Gasteiger partial charge in [-0.3, -0.25) is 0 Å². The first-order valence-electron chi connectivity index (χ1n) is 22.8. The number of hydrogen-bond donors (Lipinski definition) is 0. The molecule has 0 aliphatic rings. The van der Waals surface area contributed by atoms with Gasteiger partial charge in [0.05, 0.1) is 12.5 Å². The van der Waals surface area contributed by atoms with E-state index in [9.17, 15) is 0 Å². The summed E-state index contributed by atoms with van der Waals surface area (Å²) in [5.41, 5.74) is 1.42. The fourth-order valence-electron chi connectivity index (χ4n) is 6.81. The van der Waals surface area contributed by atoms with Crippen LogP contribution in [-0.2, 0) is 32.0 Å². The second-order valence-electron chi connectivity index (χ2n) is 15.8. The molecule has 3 aromatic heterocycles. The Morgan fingerprint density at radius 3 is 2.34 bits per heavy atom. The van der Waals surface area contributed by atoms with Gasteiger partial charge in [-0.25, -0.2) is 0 Å². The molecule has 5 heteroatoms. The summed E-state index contributed by atoms with van der Waals surface area (Å²) in [6.45, 7) is 6.06. The number of aryl methyl sites for hydroxylation is 2. The van der Waals surface area contributed by atoms with Gasteiger partial charge >= 0.3 is 20.1 Å². The van der Waals surface area contributed by atoms with Crippen LogP contribution in [0.4, 0.5) is 0 Å². The molecular weight excluding hydrogens is 863 g/mol. The van der Waals surface area contributed by atoms with Crippen LogP contribution in [0.2, 0.25) is 0 Å². The van der Waals surface area contributed by atoms with Crippen LogP contribution < -0.4 is 4.57 Å². The molecule has 0 aliphatic heterocycles. The number of furan rings is 1. The zero-order valence-electron chi connectivity index (χ0n) is 41.1. The average Bonchev–Trinajstić information content (AvgIpc) is 3.88.